The van der Waals surface area contributed by atoms with Gasteiger partial charge in [0.1, 0.15) is 11.6 Å². The van der Waals surface area contributed by atoms with Crippen molar-refractivity contribution in [1.29, 1.82) is 5.26 Å². The number of anilines is 1. The van der Waals surface area contributed by atoms with E-state index >= 15 is 0 Å². The second-order valence-electron chi connectivity index (χ2n) is 4.66. The summed E-state index contributed by atoms with van der Waals surface area (Å²) in [6, 6.07) is 10.7. The number of nitriles is 1. The van der Waals surface area contributed by atoms with Crippen molar-refractivity contribution < 1.29 is 8.78 Å². The number of nitrogens with zero attached hydrogens (tertiary/aromatic N) is 1. The molecule has 0 fully saturated rings. The summed E-state index contributed by atoms with van der Waals surface area (Å²) in [5, 5.41) is 12.0. The van der Waals surface area contributed by atoms with Gasteiger partial charge < -0.3 is 5.32 Å². The van der Waals surface area contributed by atoms with Gasteiger partial charge in [-0.05, 0) is 43.7 Å². The first-order valence-electron chi connectivity index (χ1n) is 6.23. The molecule has 0 aliphatic carbocycles. The molecule has 0 bridgehead atoms. The Kier molecular flexibility index (Phi) is 3.99. The minimum absolute atomic E-state index is 0.197. The topological polar surface area (TPSA) is 35.8 Å². The smallest absolute Gasteiger partial charge is 0.129 e. The van der Waals surface area contributed by atoms with Gasteiger partial charge in [-0.15, -0.1) is 0 Å². The Balaban J connectivity index is 2.30. The Morgan fingerprint density at radius 3 is 2.60 bits per heavy atom. The molecule has 1 unspecified atom stereocenters. The maximum absolute atomic E-state index is 13.7. The molecule has 0 aromatic heterocycles. The average Bonchev–Trinajstić information content (AvgIpc) is 2.43. The van der Waals surface area contributed by atoms with Crippen LogP contribution in [-0.2, 0) is 0 Å². The van der Waals surface area contributed by atoms with Crippen LogP contribution in [0.15, 0.2) is 36.4 Å². The molecule has 102 valence electrons. The summed E-state index contributed by atoms with van der Waals surface area (Å²) in [4.78, 5) is 0. The molecule has 2 aromatic carbocycles. The maximum Gasteiger partial charge on any atom is 0.129 e. The number of hydrogen-bond donors (Lipinski definition) is 1. The first kappa shape index (κ1) is 14.0. The zero-order valence-electron chi connectivity index (χ0n) is 11.2. The fourth-order valence-corrected chi connectivity index (χ4v) is 1.99. The predicted molar refractivity (Wildman–Crippen MR) is 74.3 cm³/mol. The van der Waals surface area contributed by atoms with Gasteiger partial charge in [-0.3, -0.25) is 0 Å². The van der Waals surface area contributed by atoms with Gasteiger partial charge in [0.2, 0.25) is 0 Å². The van der Waals surface area contributed by atoms with Crippen molar-refractivity contribution in [3.8, 4) is 6.07 Å². The molecule has 2 aromatic rings. The summed E-state index contributed by atoms with van der Waals surface area (Å²) >= 11 is 0. The molecule has 0 radical (unpaired) electrons. The van der Waals surface area contributed by atoms with Gasteiger partial charge in [0.25, 0.3) is 0 Å². The highest BCUT2D eigenvalue weighted by Crippen LogP contribution is 2.25. The van der Waals surface area contributed by atoms with Crippen molar-refractivity contribution in [2.24, 2.45) is 0 Å². The molecule has 0 saturated carbocycles. The van der Waals surface area contributed by atoms with E-state index in [0.29, 0.717) is 11.3 Å². The third kappa shape index (κ3) is 2.94. The van der Waals surface area contributed by atoms with Crippen molar-refractivity contribution >= 4 is 5.69 Å². The quantitative estimate of drug-likeness (QED) is 0.903. The van der Waals surface area contributed by atoms with Crippen molar-refractivity contribution in [1.82, 2.24) is 0 Å². The van der Waals surface area contributed by atoms with Crippen LogP contribution in [-0.4, -0.2) is 0 Å². The minimum Gasteiger partial charge on any atom is -0.378 e. The summed E-state index contributed by atoms with van der Waals surface area (Å²) in [7, 11) is 0. The molecule has 1 atom stereocenters. The highest BCUT2D eigenvalue weighted by molar-refractivity contribution is 5.56. The van der Waals surface area contributed by atoms with E-state index in [1.165, 1.54) is 18.2 Å². The van der Waals surface area contributed by atoms with E-state index in [4.69, 9.17) is 5.26 Å². The van der Waals surface area contributed by atoms with E-state index in [1.54, 1.807) is 25.1 Å². The third-order valence-electron chi connectivity index (χ3n) is 3.19. The highest BCUT2D eigenvalue weighted by Gasteiger charge is 2.11. The Labute approximate surface area is 116 Å². The first-order chi connectivity index (χ1) is 9.51. The predicted octanol–water partition coefficient (Wildman–Crippen LogP) is 4.32. The SMILES string of the molecule is Cc1c(F)cc(C#N)cc1NC(C)c1cccc(F)c1. The molecule has 0 amide bonds. The number of halogens is 2. The van der Waals surface area contributed by atoms with Crippen LogP contribution in [0.4, 0.5) is 14.5 Å². The lowest BCUT2D eigenvalue weighted by Crippen LogP contribution is -2.09. The van der Waals surface area contributed by atoms with Gasteiger partial charge in [-0.2, -0.15) is 5.26 Å². The largest absolute Gasteiger partial charge is 0.378 e. The number of hydrogen-bond acceptors (Lipinski definition) is 2. The van der Waals surface area contributed by atoms with Crippen LogP contribution in [0.2, 0.25) is 0 Å². The molecule has 20 heavy (non-hydrogen) atoms. The van der Waals surface area contributed by atoms with E-state index in [9.17, 15) is 8.78 Å². The van der Waals surface area contributed by atoms with Crippen LogP contribution in [0, 0.1) is 29.9 Å². The maximum atomic E-state index is 13.7. The van der Waals surface area contributed by atoms with Crippen LogP contribution in [0.5, 0.6) is 0 Å². The summed E-state index contributed by atoms with van der Waals surface area (Å²) < 4.78 is 26.9. The first-order valence-corrected chi connectivity index (χ1v) is 6.23. The number of nitrogens with one attached hydrogen (secondary N) is 1. The lowest BCUT2D eigenvalue weighted by Gasteiger charge is -2.18. The fraction of sp³-hybridized carbons (Fsp3) is 0.188. The van der Waals surface area contributed by atoms with Crippen LogP contribution in [0.25, 0.3) is 0 Å². The Hall–Kier alpha value is -2.41. The van der Waals surface area contributed by atoms with Crippen molar-refractivity contribution in [2.45, 2.75) is 19.9 Å². The van der Waals surface area contributed by atoms with Crippen molar-refractivity contribution in [2.75, 3.05) is 5.32 Å². The fourth-order valence-electron chi connectivity index (χ4n) is 1.99. The molecule has 2 nitrogen and oxygen atoms in total. The summed E-state index contributed by atoms with van der Waals surface area (Å²) in [5.41, 5.74) is 1.99. The van der Waals surface area contributed by atoms with E-state index in [0.717, 1.165) is 5.56 Å². The van der Waals surface area contributed by atoms with Gasteiger partial charge >= 0.3 is 0 Å². The van der Waals surface area contributed by atoms with Gasteiger partial charge in [0.05, 0.1) is 11.6 Å². The zero-order chi connectivity index (χ0) is 14.7. The normalized spacial score (nSPS) is 11.8. The molecule has 0 saturated heterocycles. The van der Waals surface area contributed by atoms with Crippen LogP contribution in [0.1, 0.15) is 29.7 Å². The summed E-state index contributed by atoms with van der Waals surface area (Å²) in [6.45, 7) is 3.49. The third-order valence-corrected chi connectivity index (χ3v) is 3.19. The molecule has 0 aliphatic rings. The van der Waals surface area contributed by atoms with Gasteiger partial charge in [0.15, 0.2) is 0 Å². The zero-order valence-corrected chi connectivity index (χ0v) is 11.2. The molecule has 0 aliphatic heterocycles. The molecule has 4 heteroatoms. The van der Waals surface area contributed by atoms with Gasteiger partial charge in [0, 0.05) is 17.3 Å². The Morgan fingerprint density at radius 2 is 1.95 bits per heavy atom. The Bertz CT molecular complexity index is 675. The van der Waals surface area contributed by atoms with E-state index in [2.05, 4.69) is 5.32 Å². The monoisotopic (exact) mass is 272 g/mol. The molecule has 0 heterocycles. The van der Waals surface area contributed by atoms with Gasteiger partial charge in [-0.25, -0.2) is 8.78 Å². The second-order valence-corrected chi connectivity index (χ2v) is 4.66. The van der Waals surface area contributed by atoms with E-state index in [1.807, 2.05) is 13.0 Å². The Morgan fingerprint density at radius 1 is 1.20 bits per heavy atom. The van der Waals surface area contributed by atoms with Crippen LogP contribution >= 0.6 is 0 Å². The number of rotatable bonds is 3. The average molecular weight is 272 g/mol. The molecular formula is C16H14F2N2. The van der Waals surface area contributed by atoms with Gasteiger partial charge in [-0.1, -0.05) is 12.1 Å². The molecule has 0 spiro atoms. The lowest BCUT2D eigenvalue weighted by molar-refractivity contribution is 0.617. The standard InChI is InChI=1S/C16H14F2N2/c1-10-15(18)6-12(9-19)7-16(10)20-11(2)13-4-3-5-14(17)8-13/h3-8,11,20H,1-2H3. The second kappa shape index (κ2) is 5.70. The van der Waals surface area contributed by atoms with E-state index < -0.39 is 5.82 Å². The molecule has 1 N–H and O–H groups in total. The molecule has 2 rings (SSSR count). The minimum atomic E-state index is -0.432. The highest BCUT2D eigenvalue weighted by atomic mass is 19.1. The number of benzene rings is 2. The van der Waals surface area contributed by atoms with E-state index in [-0.39, 0.29) is 17.4 Å². The van der Waals surface area contributed by atoms with Crippen LogP contribution < -0.4 is 5.32 Å². The summed E-state index contributed by atoms with van der Waals surface area (Å²) in [6.07, 6.45) is 0. The lowest BCUT2D eigenvalue weighted by atomic mass is 10.1. The van der Waals surface area contributed by atoms with Crippen molar-refractivity contribution in [3.05, 3.63) is 64.7 Å². The summed E-state index contributed by atoms with van der Waals surface area (Å²) in [5.74, 6) is -0.747. The van der Waals surface area contributed by atoms with Crippen LogP contribution in [0.3, 0.4) is 0 Å². The molecular weight excluding hydrogens is 258 g/mol. The van der Waals surface area contributed by atoms with Crippen molar-refractivity contribution in [3.63, 3.8) is 0 Å².